The molecule has 2 aromatic rings. The summed E-state index contributed by atoms with van der Waals surface area (Å²) in [5, 5.41) is 6.12. The minimum Gasteiger partial charge on any atom is -0.356 e. The number of aryl methyl sites for hydroxylation is 1. The van der Waals surface area contributed by atoms with Crippen molar-refractivity contribution in [2.24, 2.45) is 5.41 Å². The molecule has 0 radical (unpaired) electrons. The molecule has 25 heavy (non-hydrogen) atoms. The van der Waals surface area contributed by atoms with Crippen molar-refractivity contribution >= 4 is 23.5 Å². The highest BCUT2D eigenvalue weighted by atomic mass is 16.2. The SMILES string of the molecule is Cc1cnc(Nc2ccccn2)nc1N1CCC2(CCNC2=O)CC1. The number of nitrogens with zero attached hydrogens (tertiary/aromatic N) is 4. The maximum atomic E-state index is 12.1. The van der Waals surface area contributed by atoms with Gasteiger partial charge in [-0.3, -0.25) is 4.79 Å². The molecule has 2 fully saturated rings. The van der Waals surface area contributed by atoms with E-state index in [2.05, 4.69) is 30.5 Å². The van der Waals surface area contributed by atoms with Gasteiger partial charge in [0.25, 0.3) is 0 Å². The van der Waals surface area contributed by atoms with E-state index in [1.807, 2.05) is 31.3 Å². The summed E-state index contributed by atoms with van der Waals surface area (Å²) in [6, 6.07) is 5.67. The number of nitrogens with one attached hydrogen (secondary N) is 2. The van der Waals surface area contributed by atoms with Crippen molar-refractivity contribution in [3.8, 4) is 0 Å². The molecule has 2 aliphatic heterocycles. The third kappa shape index (κ3) is 3.01. The number of amides is 1. The van der Waals surface area contributed by atoms with Crippen molar-refractivity contribution in [1.29, 1.82) is 0 Å². The Hall–Kier alpha value is -2.70. The first-order valence-electron chi connectivity index (χ1n) is 8.71. The van der Waals surface area contributed by atoms with Crippen LogP contribution in [0.2, 0.25) is 0 Å². The summed E-state index contributed by atoms with van der Waals surface area (Å²) in [6.07, 6.45) is 6.28. The Balaban J connectivity index is 1.51. The van der Waals surface area contributed by atoms with Gasteiger partial charge >= 0.3 is 0 Å². The smallest absolute Gasteiger partial charge is 0.230 e. The van der Waals surface area contributed by atoms with Gasteiger partial charge in [0.1, 0.15) is 11.6 Å². The van der Waals surface area contributed by atoms with E-state index in [-0.39, 0.29) is 11.3 Å². The number of anilines is 3. The lowest BCUT2D eigenvalue weighted by atomic mass is 9.77. The fraction of sp³-hybridized carbons (Fsp3) is 0.444. The van der Waals surface area contributed by atoms with Crippen molar-refractivity contribution in [1.82, 2.24) is 20.3 Å². The monoisotopic (exact) mass is 338 g/mol. The maximum Gasteiger partial charge on any atom is 0.230 e. The largest absolute Gasteiger partial charge is 0.356 e. The van der Waals surface area contributed by atoms with Crippen molar-refractivity contribution < 1.29 is 4.79 Å². The molecule has 2 saturated heterocycles. The van der Waals surface area contributed by atoms with E-state index in [4.69, 9.17) is 0 Å². The summed E-state index contributed by atoms with van der Waals surface area (Å²) < 4.78 is 0. The van der Waals surface area contributed by atoms with Crippen LogP contribution in [0.15, 0.2) is 30.6 Å². The molecule has 4 heterocycles. The van der Waals surface area contributed by atoms with Crippen molar-refractivity contribution in [2.45, 2.75) is 26.2 Å². The van der Waals surface area contributed by atoms with E-state index in [9.17, 15) is 4.79 Å². The van der Waals surface area contributed by atoms with Gasteiger partial charge in [-0.2, -0.15) is 4.98 Å². The standard InChI is InChI=1S/C18H22N6O/c1-13-12-21-17(22-14-4-2-3-8-19-14)23-15(13)24-10-6-18(7-11-24)5-9-20-16(18)25/h2-4,8,12H,5-7,9-11H2,1H3,(H,20,25)(H,19,21,22,23). The van der Waals surface area contributed by atoms with E-state index in [0.29, 0.717) is 5.95 Å². The lowest BCUT2D eigenvalue weighted by Crippen LogP contribution is -2.44. The van der Waals surface area contributed by atoms with Gasteiger partial charge < -0.3 is 15.5 Å². The lowest BCUT2D eigenvalue weighted by molar-refractivity contribution is -0.128. The molecule has 1 amide bonds. The van der Waals surface area contributed by atoms with Crippen LogP contribution in [0, 0.1) is 12.3 Å². The molecule has 2 aliphatic rings. The minimum absolute atomic E-state index is 0.160. The number of carbonyl (C=O) groups is 1. The first-order valence-corrected chi connectivity index (χ1v) is 8.71. The average Bonchev–Trinajstić information content (AvgIpc) is 2.99. The van der Waals surface area contributed by atoms with Crippen LogP contribution >= 0.6 is 0 Å². The Bertz CT molecular complexity index is 770. The van der Waals surface area contributed by atoms with Crippen molar-refractivity contribution in [2.75, 3.05) is 29.9 Å². The zero-order valence-corrected chi connectivity index (χ0v) is 14.3. The van der Waals surface area contributed by atoms with E-state index in [0.717, 1.165) is 56.1 Å². The van der Waals surface area contributed by atoms with Gasteiger partial charge in [0, 0.05) is 37.6 Å². The van der Waals surface area contributed by atoms with E-state index in [1.165, 1.54) is 0 Å². The Labute approximate surface area is 146 Å². The Kier molecular flexibility index (Phi) is 3.99. The molecule has 7 nitrogen and oxygen atoms in total. The number of aromatic nitrogens is 3. The van der Waals surface area contributed by atoms with E-state index in [1.54, 1.807) is 6.20 Å². The van der Waals surface area contributed by atoms with Crippen LogP contribution in [-0.4, -0.2) is 40.5 Å². The molecule has 4 rings (SSSR count). The molecule has 2 N–H and O–H groups in total. The van der Waals surface area contributed by atoms with Crippen LogP contribution in [0.1, 0.15) is 24.8 Å². The predicted octanol–water partition coefficient (Wildman–Crippen LogP) is 2.03. The summed E-state index contributed by atoms with van der Waals surface area (Å²) in [5.41, 5.74) is 0.880. The van der Waals surface area contributed by atoms with Gasteiger partial charge in [-0.15, -0.1) is 0 Å². The van der Waals surface area contributed by atoms with Crippen molar-refractivity contribution in [3.63, 3.8) is 0 Å². The zero-order valence-electron chi connectivity index (χ0n) is 14.3. The predicted molar refractivity (Wildman–Crippen MR) is 95.8 cm³/mol. The van der Waals surface area contributed by atoms with Gasteiger partial charge in [0.2, 0.25) is 11.9 Å². The van der Waals surface area contributed by atoms with Gasteiger partial charge in [-0.05, 0) is 38.3 Å². The lowest BCUT2D eigenvalue weighted by Gasteiger charge is -2.38. The molecule has 2 aromatic heterocycles. The van der Waals surface area contributed by atoms with Crippen LogP contribution in [0.3, 0.4) is 0 Å². The number of pyridine rings is 1. The Morgan fingerprint density at radius 3 is 2.72 bits per heavy atom. The van der Waals surface area contributed by atoms with Crippen LogP contribution < -0.4 is 15.5 Å². The van der Waals surface area contributed by atoms with Crippen LogP contribution in [0.25, 0.3) is 0 Å². The van der Waals surface area contributed by atoms with Crippen LogP contribution in [-0.2, 0) is 4.79 Å². The molecular formula is C18H22N6O. The van der Waals surface area contributed by atoms with Crippen molar-refractivity contribution in [3.05, 3.63) is 36.2 Å². The summed E-state index contributed by atoms with van der Waals surface area (Å²) in [6.45, 7) is 4.51. The number of rotatable bonds is 3. The molecule has 1 spiro atoms. The fourth-order valence-corrected chi connectivity index (χ4v) is 3.70. The third-order valence-corrected chi connectivity index (χ3v) is 5.24. The third-order valence-electron chi connectivity index (χ3n) is 5.24. The molecule has 7 heteroatoms. The molecule has 0 aliphatic carbocycles. The van der Waals surface area contributed by atoms with Crippen LogP contribution in [0.5, 0.6) is 0 Å². The van der Waals surface area contributed by atoms with E-state index >= 15 is 0 Å². The summed E-state index contributed by atoms with van der Waals surface area (Å²) in [4.78, 5) is 27.7. The van der Waals surface area contributed by atoms with Crippen LogP contribution in [0.4, 0.5) is 17.6 Å². The molecular weight excluding hydrogens is 316 g/mol. The molecule has 0 unspecified atom stereocenters. The highest BCUT2D eigenvalue weighted by molar-refractivity contribution is 5.85. The van der Waals surface area contributed by atoms with Gasteiger partial charge in [-0.25, -0.2) is 9.97 Å². The molecule has 0 atom stereocenters. The topological polar surface area (TPSA) is 83.0 Å². The molecule has 130 valence electrons. The minimum atomic E-state index is -0.160. The molecule has 0 bridgehead atoms. The first-order chi connectivity index (χ1) is 12.2. The second-order valence-corrected chi connectivity index (χ2v) is 6.81. The number of hydrogen-bond acceptors (Lipinski definition) is 6. The maximum absolute atomic E-state index is 12.1. The normalized spacial score (nSPS) is 19.1. The average molecular weight is 338 g/mol. The molecule has 0 saturated carbocycles. The second-order valence-electron chi connectivity index (χ2n) is 6.81. The fourth-order valence-electron chi connectivity index (χ4n) is 3.70. The number of piperidine rings is 1. The quantitative estimate of drug-likeness (QED) is 0.891. The number of hydrogen-bond donors (Lipinski definition) is 2. The number of carbonyl (C=O) groups excluding carboxylic acids is 1. The zero-order chi connectivity index (χ0) is 17.3. The van der Waals surface area contributed by atoms with Gasteiger partial charge in [0.15, 0.2) is 0 Å². The summed E-state index contributed by atoms with van der Waals surface area (Å²) >= 11 is 0. The summed E-state index contributed by atoms with van der Waals surface area (Å²) in [5.74, 6) is 2.42. The Morgan fingerprint density at radius 2 is 2.04 bits per heavy atom. The first kappa shape index (κ1) is 15.8. The van der Waals surface area contributed by atoms with Gasteiger partial charge in [0.05, 0.1) is 5.41 Å². The highest BCUT2D eigenvalue weighted by Crippen LogP contribution is 2.39. The Morgan fingerprint density at radius 1 is 1.20 bits per heavy atom. The summed E-state index contributed by atoms with van der Waals surface area (Å²) in [7, 11) is 0. The van der Waals surface area contributed by atoms with Gasteiger partial charge in [-0.1, -0.05) is 6.07 Å². The molecule has 0 aromatic carbocycles. The van der Waals surface area contributed by atoms with E-state index < -0.39 is 0 Å². The second kappa shape index (κ2) is 6.31. The highest BCUT2D eigenvalue weighted by Gasteiger charge is 2.44.